The molecule has 9 nitrogen and oxygen atoms in total. The normalized spacial score (nSPS) is 20.8. The van der Waals surface area contributed by atoms with E-state index in [9.17, 15) is 14.9 Å². The number of nitrogens with one attached hydrogen (secondary N) is 1. The number of carbonyl (C=O) groups is 1. The van der Waals surface area contributed by atoms with Gasteiger partial charge in [0.1, 0.15) is 5.75 Å². The summed E-state index contributed by atoms with van der Waals surface area (Å²) < 4.78 is 10.5. The first kappa shape index (κ1) is 18.4. The molecule has 26 heavy (non-hydrogen) atoms. The van der Waals surface area contributed by atoms with Gasteiger partial charge < -0.3 is 19.7 Å². The van der Waals surface area contributed by atoms with Gasteiger partial charge in [0.15, 0.2) is 6.61 Å². The van der Waals surface area contributed by atoms with Gasteiger partial charge in [0.2, 0.25) is 5.75 Å². The molecule has 0 aromatic heterocycles. The van der Waals surface area contributed by atoms with Gasteiger partial charge in [-0.15, -0.1) is 0 Å². The summed E-state index contributed by atoms with van der Waals surface area (Å²) in [4.78, 5) is 27.1. The molecule has 1 amide bonds. The molecule has 2 aliphatic heterocycles. The van der Waals surface area contributed by atoms with Crippen molar-refractivity contribution in [2.45, 2.75) is 12.5 Å². The van der Waals surface area contributed by atoms with Gasteiger partial charge in [0.05, 0.1) is 12.0 Å². The number of nitro groups is 1. The van der Waals surface area contributed by atoms with E-state index < -0.39 is 4.92 Å². The average Bonchev–Trinajstić information content (AvgIpc) is 3.16. The number of rotatable bonds is 6. The summed E-state index contributed by atoms with van der Waals surface area (Å²) in [7, 11) is 1.36. The fourth-order valence-corrected chi connectivity index (χ4v) is 3.45. The number of methoxy groups -OCH3 is 1. The quantitative estimate of drug-likeness (QED) is 0.579. The Morgan fingerprint density at radius 1 is 1.35 bits per heavy atom. The first-order valence-electron chi connectivity index (χ1n) is 8.76. The third-order valence-electron chi connectivity index (χ3n) is 4.89. The second kappa shape index (κ2) is 8.33. The van der Waals surface area contributed by atoms with Crippen LogP contribution in [0.15, 0.2) is 18.2 Å². The minimum Gasteiger partial charge on any atom is -0.490 e. The lowest BCUT2D eigenvalue weighted by atomic mass is 10.2. The van der Waals surface area contributed by atoms with Crippen molar-refractivity contribution in [2.24, 2.45) is 0 Å². The number of piperazine rings is 1. The van der Waals surface area contributed by atoms with Crippen molar-refractivity contribution < 1.29 is 19.2 Å². The van der Waals surface area contributed by atoms with E-state index in [-0.39, 0.29) is 24.0 Å². The average molecular weight is 364 g/mol. The van der Waals surface area contributed by atoms with Gasteiger partial charge >= 0.3 is 5.69 Å². The monoisotopic (exact) mass is 364 g/mol. The molecular weight excluding hydrogens is 340 g/mol. The molecule has 0 aliphatic carbocycles. The molecule has 9 heteroatoms. The maximum atomic E-state index is 12.4. The number of likely N-dealkylation sites (tertiary alicyclic amines) is 1. The van der Waals surface area contributed by atoms with Crippen LogP contribution in [0.4, 0.5) is 5.69 Å². The van der Waals surface area contributed by atoms with Gasteiger partial charge in [-0.25, -0.2) is 0 Å². The summed E-state index contributed by atoms with van der Waals surface area (Å²) in [5.74, 6) is 0.415. The zero-order chi connectivity index (χ0) is 18.5. The number of benzene rings is 1. The van der Waals surface area contributed by atoms with Gasteiger partial charge in [0, 0.05) is 57.4 Å². The SMILES string of the molecule is COc1cc(OCC(=O)N2CCC(N3CCNCC3)C2)ccc1[N+](=O)[O-]. The largest absolute Gasteiger partial charge is 0.490 e. The molecular formula is C17H24N4O5. The Hall–Kier alpha value is -2.39. The number of hydrogen-bond donors (Lipinski definition) is 1. The summed E-state index contributed by atoms with van der Waals surface area (Å²) >= 11 is 0. The predicted octanol–water partition coefficient (Wildman–Crippen LogP) is 0.488. The molecule has 0 spiro atoms. The minimum absolute atomic E-state index is 0.0695. The Morgan fingerprint density at radius 3 is 2.81 bits per heavy atom. The lowest BCUT2D eigenvalue weighted by Gasteiger charge is -2.32. The van der Waals surface area contributed by atoms with E-state index in [1.807, 2.05) is 4.90 Å². The van der Waals surface area contributed by atoms with Gasteiger partial charge in [-0.2, -0.15) is 0 Å². The number of amides is 1. The van der Waals surface area contributed by atoms with E-state index in [0.717, 1.165) is 45.7 Å². The zero-order valence-electron chi connectivity index (χ0n) is 14.8. The van der Waals surface area contributed by atoms with Crippen LogP contribution < -0.4 is 14.8 Å². The number of carbonyl (C=O) groups excluding carboxylic acids is 1. The van der Waals surface area contributed by atoms with Crippen LogP contribution in [0.25, 0.3) is 0 Å². The summed E-state index contributed by atoms with van der Waals surface area (Å²) in [5, 5.41) is 14.2. The Morgan fingerprint density at radius 2 is 2.12 bits per heavy atom. The first-order chi connectivity index (χ1) is 12.6. The summed E-state index contributed by atoms with van der Waals surface area (Å²) in [6.45, 7) is 5.41. The Bertz CT molecular complexity index is 663. The van der Waals surface area contributed by atoms with Crippen molar-refractivity contribution >= 4 is 11.6 Å². The molecule has 0 radical (unpaired) electrons. The Balaban J connectivity index is 1.52. The van der Waals surface area contributed by atoms with Gasteiger partial charge in [0.25, 0.3) is 5.91 Å². The predicted molar refractivity (Wildman–Crippen MR) is 94.6 cm³/mol. The third-order valence-corrected chi connectivity index (χ3v) is 4.89. The van der Waals surface area contributed by atoms with Gasteiger partial charge in [-0.3, -0.25) is 19.8 Å². The van der Waals surface area contributed by atoms with Crippen LogP contribution in [0, 0.1) is 10.1 Å². The lowest BCUT2D eigenvalue weighted by Crippen LogP contribution is -2.49. The Labute approximate surface area is 152 Å². The highest BCUT2D eigenvalue weighted by Crippen LogP contribution is 2.30. The van der Waals surface area contributed by atoms with Crippen LogP contribution >= 0.6 is 0 Å². The Kier molecular flexibility index (Phi) is 5.89. The van der Waals surface area contributed by atoms with Crippen LogP contribution in [0.3, 0.4) is 0 Å². The highest BCUT2D eigenvalue weighted by Gasteiger charge is 2.31. The molecule has 1 aromatic carbocycles. The van der Waals surface area contributed by atoms with Crippen LogP contribution in [-0.2, 0) is 4.79 Å². The van der Waals surface area contributed by atoms with Crippen LogP contribution in [0.5, 0.6) is 11.5 Å². The number of nitro benzene ring substituents is 1. The fraction of sp³-hybridized carbons (Fsp3) is 0.588. The molecule has 2 saturated heterocycles. The van der Waals surface area contributed by atoms with Crippen molar-refractivity contribution in [3.05, 3.63) is 28.3 Å². The van der Waals surface area contributed by atoms with Crippen LogP contribution in [0.1, 0.15) is 6.42 Å². The van der Waals surface area contributed by atoms with Crippen molar-refractivity contribution in [3.63, 3.8) is 0 Å². The molecule has 2 aliphatic rings. The number of nitrogens with zero attached hydrogens (tertiary/aromatic N) is 3. The second-order valence-corrected chi connectivity index (χ2v) is 6.45. The summed E-state index contributed by atoms with van der Waals surface area (Å²) in [6, 6.07) is 4.63. The fourth-order valence-electron chi connectivity index (χ4n) is 3.45. The first-order valence-corrected chi connectivity index (χ1v) is 8.76. The second-order valence-electron chi connectivity index (χ2n) is 6.45. The van der Waals surface area contributed by atoms with E-state index in [2.05, 4.69) is 10.2 Å². The van der Waals surface area contributed by atoms with E-state index in [1.165, 1.54) is 25.3 Å². The summed E-state index contributed by atoms with van der Waals surface area (Å²) in [5.41, 5.74) is -0.135. The molecule has 0 bridgehead atoms. The lowest BCUT2D eigenvalue weighted by molar-refractivity contribution is -0.385. The molecule has 0 saturated carbocycles. The number of ether oxygens (including phenoxy) is 2. The third kappa shape index (κ3) is 4.23. The maximum absolute atomic E-state index is 12.4. The standard InChI is InChI=1S/C17H24N4O5/c1-25-16-10-14(2-3-15(16)21(23)24)26-12-17(22)20-7-4-13(11-20)19-8-5-18-6-9-19/h2-3,10,13,18H,4-9,11-12H2,1H3. The molecule has 1 unspecified atom stereocenters. The molecule has 1 aromatic rings. The maximum Gasteiger partial charge on any atom is 0.311 e. The van der Waals surface area contributed by atoms with E-state index in [4.69, 9.17) is 9.47 Å². The van der Waals surface area contributed by atoms with Crippen molar-refractivity contribution in [2.75, 3.05) is 53.0 Å². The highest BCUT2D eigenvalue weighted by molar-refractivity contribution is 5.78. The van der Waals surface area contributed by atoms with Crippen molar-refractivity contribution in [3.8, 4) is 11.5 Å². The zero-order valence-corrected chi connectivity index (χ0v) is 14.8. The molecule has 142 valence electrons. The molecule has 1 N–H and O–H groups in total. The van der Waals surface area contributed by atoms with E-state index in [1.54, 1.807) is 0 Å². The van der Waals surface area contributed by atoms with Crippen LogP contribution in [-0.4, -0.2) is 79.7 Å². The molecule has 2 fully saturated rings. The van der Waals surface area contributed by atoms with Gasteiger partial charge in [-0.05, 0) is 12.5 Å². The van der Waals surface area contributed by atoms with E-state index >= 15 is 0 Å². The topological polar surface area (TPSA) is 97.2 Å². The smallest absolute Gasteiger partial charge is 0.311 e. The van der Waals surface area contributed by atoms with Crippen molar-refractivity contribution in [1.29, 1.82) is 0 Å². The molecule has 1 atom stereocenters. The molecule has 3 rings (SSSR count). The number of hydrogen-bond acceptors (Lipinski definition) is 7. The highest BCUT2D eigenvalue weighted by atomic mass is 16.6. The van der Waals surface area contributed by atoms with Crippen LogP contribution in [0.2, 0.25) is 0 Å². The van der Waals surface area contributed by atoms with Crippen molar-refractivity contribution in [1.82, 2.24) is 15.1 Å². The minimum atomic E-state index is -0.520. The summed E-state index contributed by atoms with van der Waals surface area (Å²) in [6.07, 6.45) is 0.983. The van der Waals surface area contributed by atoms with E-state index in [0.29, 0.717) is 11.8 Å². The van der Waals surface area contributed by atoms with Gasteiger partial charge in [-0.1, -0.05) is 0 Å². The molecule has 2 heterocycles.